The Kier molecular flexibility index (Phi) is 5.75. The van der Waals surface area contributed by atoms with Crippen LogP contribution in [-0.2, 0) is 4.79 Å². The number of hydrogen-bond donors (Lipinski definition) is 1. The quantitative estimate of drug-likeness (QED) is 0.754. The van der Waals surface area contributed by atoms with Crippen LogP contribution in [-0.4, -0.2) is 18.2 Å². The van der Waals surface area contributed by atoms with E-state index in [0.29, 0.717) is 0 Å². The highest BCUT2D eigenvalue weighted by Gasteiger charge is 2.39. The van der Waals surface area contributed by atoms with Crippen molar-refractivity contribution in [2.45, 2.75) is 26.7 Å². The van der Waals surface area contributed by atoms with Gasteiger partial charge in [0.15, 0.2) is 0 Å². The van der Waals surface area contributed by atoms with Gasteiger partial charge in [-0.3, -0.25) is 4.79 Å². The second-order valence-electron chi connectivity index (χ2n) is 5.80. The predicted octanol–water partition coefficient (Wildman–Crippen LogP) is 4.50. The first-order valence-corrected chi connectivity index (χ1v) is 7.12. The van der Waals surface area contributed by atoms with Crippen molar-refractivity contribution in [2.75, 3.05) is 7.11 Å². The average molecular weight is 300 g/mol. The number of hydrogen-bond acceptors (Lipinski definition) is 2. The summed E-state index contributed by atoms with van der Waals surface area (Å²) in [5, 5.41) is 9.64. The van der Waals surface area contributed by atoms with E-state index in [1.807, 2.05) is 31.2 Å². The highest BCUT2D eigenvalue weighted by atomic mass is 16.5. The largest absolute Gasteiger partial charge is 0.496 e. The highest BCUT2D eigenvalue weighted by Crippen LogP contribution is 2.42. The minimum absolute atomic E-state index is 0.329. The minimum Gasteiger partial charge on any atom is -0.496 e. The molecule has 0 saturated heterocycles. The maximum absolute atomic E-state index is 11.8. The summed E-state index contributed by atoms with van der Waals surface area (Å²) in [7, 11) is 1.62. The summed E-state index contributed by atoms with van der Waals surface area (Å²) in [6.07, 6.45) is 5.15. The fourth-order valence-electron chi connectivity index (χ4n) is 2.65. The zero-order valence-electron chi connectivity index (χ0n) is 13.7. The molecule has 1 unspecified atom stereocenters. The van der Waals surface area contributed by atoms with Gasteiger partial charge in [-0.05, 0) is 43.5 Å². The summed E-state index contributed by atoms with van der Waals surface area (Å²) in [5.74, 6) is -0.406. The molecule has 0 aromatic heterocycles. The zero-order valence-corrected chi connectivity index (χ0v) is 13.7. The van der Waals surface area contributed by atoms with Crippen LogP contribution in [0.15, 0.2) is 55.2 Å². The molecule has 0 aliphatic rings. The van der Waals surface area contributed by atoms with Gasteiger partial charge in [0.05, 0.1) is 12.5 Å². The molecule has 0 spiro atoms. The molecule has 3 nitrogen and oxygen atoms in total. The first kappa shape index (κ1) is 17.8. The molecule has 3 heteroatoms. The van der Waals surface area contributed by atoms with Gasteiger partial charge in [0.1, 0.15) is 5.75 Å². The van der Waals surface area contributed by atoms with E-state index < -0.39 is 11.4 Å². The number of methoxy groups -OCH3 is 1. The lowest BCUT2D eigenvalue weighted by Gasteiger charge is -2.32. The van der Waals surface area contributed by atoms with Crippen molar-refractivity contribution in [3.8, 4) is 5.75 Å². The lowest BCUT2D eigenvalue weighted by atomic mass is 9.70. The molecule has 22 heavy (non-hydrogen) atoms. The van der Waals surface area contributed by atoms with E-state index in [1.165, 1.54) is 0 Å². The minimum atomic E-state index is -0.982. The number of allylic oxidation sites excluding steroid dienone is 4. The summed E-state index contributed by atoms with van der Waals surface area (Å²) < 4.78 is 5.28. The Labute approximate surface area is 132 Å². The van der Waals surface area contributed by atoms with Gasteiger partial charge in [-0.2, -0.15) is 0 Å². The monoisotopic (exact) mass is 300 g/mol. The number of carbonyl (C=O) groups is 1. The zero-order chi connectivity index (χ0) is 16.9. The van der Waals surface area contributed by atoms with E-state index in [2.05, 4.69) is 13.2 Å². The Bertz CT molecular complexity index is 609. The van der Waals surface area contributed by atoms with Gasteiger partial charge in [0.2, 0.25) is 0 Å². The predicted molar refractivity (Wildman–Crippen MR) is 90.4 cm³/mol. The van der Waals surface area contributed by atoms with Crippen LogP contribution < -0.4 is 4.74 Å². The number of rotatable bonds is 7. The van der Waals surface area contributed by atoms with Crippen LogP contribution in [0.25, 0.3) is 0 Å². The van der Waals surface area contributed by atoms with E-state index in [9.17, 15) is 9.90 Å². The third-order valence-corrected chi connectivity index (χ3v) is 3.90. The molecule has 0 amide bonds. The Morgan fingerprint density at radius 1 is 1.36 bits per heavy atom. The Morgan fingerprint density at radius 3 is 2.41 bits per heavy atom. The van der Waals surface area contributed by atoms with Crippen LogP contribution in [0.5, 0.6) is 5.75 Å². The molecule has 0 aliphatic heterocycles. The van der Waals surface area contributed by atoms with Crippen LogP contribution in [0.3, 0.4) is 0 Å². The standard InChI is InChI=1S/C19H24O3/c1-7-9-14(8-2)17(19(4,5)18(20)21)15-10-11-16(22-6)13(3)12-15/h7-12,17H,1-2H2,3-6H3,(H,20,21)/b14-9+. The van der Waals surface area contributed by atoms with Gasteiger partial charge in [-0.25, -0.2) is 0 Å². The third kappa shape index (κ3) is 3.48. The second kappa shape index (κ2) is 7.12. The van der Waals surface area contributed by atoms with Crippen molar-refractivity contribution in [1.29, 1.82) is 0 Å². The van der Waals surface area contributed by atoms with Crippen molar-refractivity contribution in [3.05, 3.63) is 66.3 Å². The molecule has 1 atom stereocenters. The lowest BCUT2D eigenvalue weighted by molar-refractivity contribution is -0.147. The molecule has 0 bridgehead atoms. The van der Waals surface area contributed by atoms with Crippen LogP contribution in [0.1, 0.15) is 30.9 Å². The molecule has 0 heterocycles. The Balaban J connectivity index is 3.54. The fraction of sp³-hybridized carbons (Fsp3) is 0.316. The van der Waals surface area contributed by atoms with Crippen LogP contribution in [0.4, 0.5) is 0 Å². The topological polar surface area (TPSA) is 46.5 Å². The number of carboxylic acid groups (broad SMARTS) is 1. The molecule has 0 radical (unpaired) electrons. The van der Waals surface area contributed by atoms with Crippen molar-refractivity contribution >= 4 is 5.97 Å². The van der Waals surface area contributed by atoms with E-state index in [0.717, 1.165) is 22.4 Å². The van der Waals surface area contributed by atoms with Gasteiger partial charge >= 0.3 is 5.97 Å². The fourth-order valence-corrected chi connectivity index (χ4v) is 2.65. The van der Waals surface area contributed by atoms with Gasteiger partial charge < -0.3 is 9.84 Å². The second-order valence-corrected chi connectivity index (χ2v) is 5.80. The molecule has 0 saturated carbocycles. The molecule has 1 N–H and O–H groups in total. The highest BCUT2D eigenvalue weighted by molar-refractivity contribution is 5.76. The van der Waals surface area contributed by atoms with Crippen molar-refractivity contribution in [2.24, 2.45) is 5.41 Å². The van der Waals surface area contributed by atoms with E-state index in [4.69, 9.17) is 4.74 Å². The smallest absolute Gasteiger partial charge is 0.310 e. The van der Waals surface area contributed by atoms with E-state index in [1.54, 1.807) is 33.1 Å². The van der Waals surface area contributed by atoms with Crippen LogP contribution in [0.2, 0.25) is 0 Å². The lowest BCUT2D eigenvalue weighted by Crippen LogP contribution is -2.32. The molecule has 0 fully saturated rings. The van der Waals surface area contributed by atoms with E-state index >= 15 is 0 Å². The number of ether oxygens (including phenoxy) is 1. The molecule has 118 valence electrons. The molecule has 1 aromatic carbocycles. The van der Waals surface area contributed by atoms with Crippen molar-refractivity contribution in [3.63, 3.8) is 0 Å². The Morgan fingerprint density at radius 2 is 2.00 bits per heavy atom. The van der Waals surface area contributed by atoms with Crippen LogP contribution in [0, 0.1) is 12.3 Å². The normalized spacial score (nSPS) is 13.4. The van der Waals surface area contributed by atoms with Crippen molar-refractivity contribution in [1.82, 2.24) is 0 Å². The maximum Gasteiger partial charge on any atom is 0.310 e. The average Bonchev–Trinajstić information content (AvgIpc) is 2.46. The first-order chi connectivity index (χ1) is 10.3. The molecule has 0 aliphatic carbocycles. The van der Waals surface area contributed by atoms with Gasteiger partial charge in [0.25, 0.3) is 0 Å². The third-order valence-electron chi connectivity index (χ3n) is 3.90. The van der Waals surface area contributed by atoms with Crippen LogP contribution >= 0.6 is 0 Å². The maximum atomic E-state index is 11.8. The van der Waals surface area contributed by atoms with Gasteiger partial charge in [-0.15, -0.1) is 0 Å². The first-order valence-electron chi connectivity index (χ1n) is 7.12. The molecular weight excluding hydrogens is 276 g/mol. The van der Waals surface area contributed by atoms with Crippen molar-refractivity contribution < 1.29 is 14.6 Å². The molecule has 1 rings (SSSR count). The van der Waals surface area contributed by atoms with E-state index in [-0.39, 0.29) is 5.92 Å². The summed E-state index contributed by atoms with van der Waals surface area (Å²) in [4.78, 5) is 11.8. The summed E-state index contributed by atoms with van der Waals surface area (Å²) in [5.41, 5.74) is 1.73. The SMILES string of the molecule is C=C/C=C(\C=C)C(c1ccc(OC)c(C)c1)C(C)(C)C(=O)O. The molecule has 1 aromatic rings. The summed E-state index contributed by atoms with van der Waals surface area (Å²) >= 11 is 0. The van der Waals surface area contributed by atoms with Gasteiger partial charge in [-0.1, -0.05) is 43.5 Å². The van der Waals surface area contributed by atoms with Gasteiger partial charge in [0, 0.05) is 5.92 Å². The number of aliphatic carboxylic acids is 1. The molecular formula is C19H24O3. The number of aryl methyl sites for hydroxylation is 1. The summed E-state index contributed by atoms with van der Waals surface area (Å²) in [6, 6.07) is 5.74. The number of carboxylic acids is 1. The number of benzene rings is 1. The summed E-state index contributed by atoms with van der Waals surface area (Å²) in [6.45, 7) is 12.9. The Hall–Kier alpha value is -2.29.